The molecule has 1 aromatic heterocycles. The first-order valence-corrected chi connectivity index (χ1v) is 4.69. The lowest BCUT2D eigenvalue weighted by Crippen LogP contribution is -1.83. The van der Waals surface area contributed by atoms with Gasteiger partial charge in [0.25, 0.3) is 0 Å². The standard InChI is InChI=1S/C11H7FN2O3/c12-8-1-3-9(4-2-8)13-7-10-5-6-11(17-10)14(15)16/h1-7H. The van der Waals surface area contributed by atoms with Gasteiger partial charge in [0.2, 0.25) is 0 Å². The normalized spacial score (nSPS) is 10.9. The molecule has 0 spiro atoms. The topological polar surface area (TPSA) is 68.6 Å². The Morgan fingerprint density at radius 3 is 2.53 bits per heavy atom. The van der Waals surface area contributed by atoms with Crippen molar-refractivity contribution in [1.29, 1.82) is 0 Å². The van der Waals surface area contributed by atoms with Crippen molar-refractivity contribution in [3.63, 3.8) is 0 Å². The molecule has 0 radical (unpaired) electrons. The summed E-state index contributed by atoms with van der Waals surface area (Å²) in [5.41, 5.74) is 0.533. The van der Waals surface area contributed by atoms with Crippen LogP contribution < -0.4 is 0 Å². The van der Waals surface area contributed by atoms with Crippen LogP contribution in [0.5, 0.6) is 0 Å². The molecule has 5 nitrogen and oxygen atoms in total. The van der Waals surface area contributed by atoms with Crippen LogP contribution in [0.15, 0.2) is 45.8 Å². The minimum absolute atomic E-state index is 0.265. The van der Waals surface area contributed by atoms with E-state index < -0.39 is 4.92 Å². The van der Waals surface area contributed by atoms with Crippen molar-refractivity contribution in [2.24, 2.45) is 4.99 Å². The Bertz CT molecular complexity index is 560. The number of hydrogen-bond donors (Lipinski definition) is 0. The van der Waals surface area contributed by atoms with E-state index in [0.29, 0.717) is 5.69 Å². The van der Waals surface area contributed by atoms with Crippen LogP contribution in [0.2, 0.25) is 0 Å². The molecular formula is C11H7FN2O3. The van der Waals surface area contributed by atoms with E-state index in [4.69, 9.17) is 4.42 Å². The third-order valence-electron chi connectivity index (χ3n) is 1.96. The maximum absolute atomic E-state index is 12.6. The Kier molecular flexibility index (Phi) is 2.95. The first-order valence-electron chi connectivity index (χ1n) is 4.69. The fourth-order valence-corrected chi connectivity index (χ4v) is 1.18. The van der Waals surface area contributed by atoms with E-state index in [-0.39, 0.29) is 17.5 Å². The van der Waals surface area contributed by atoms with Gasteiger partial charge in [-0.1, -0.05) is 0 Å². The van der Waals surface area contributed by atoms with Gasteiger partial charge in [-0.05, 0) is 30.3 Å². The maximum atomic E-state index is 12.6. The van der Waals surface area contributed by atoms with Gasteiger partial charge in [-0.15, -0.1) is 0 Å². The number of aliphatic imine (C=N–C) groups is 1. The van der Waals surface area contributed by atoms with Gasteiger partial charge in [-0.2, -0.15) is 0 Å². The number of nitrogens with zero attached hydrogens (tertiary/aromatic N) is 2. The Morgan fingerprint density at radius 2 is 1.94 bits per heavy atom. The molecule has 0 aliphatic rings. The predicted octanol–water partition coefficient (Wildman–Crippen LogP) is 3.08. The van der Waals surface area contributed by atoms with Crippen LogP contribution in [0.3, 0.4) is 0 Å². The van der Waals surface area contributed by atoms with Gasteiger partial charge in [0, 0.05) is 0 Å². The Balaban J connectivity index is 2.14. The Morgan fingerprint density at radius 1 is 1.24 bits per heavy atom. The first-order chi connectivity index (χ1) is 8.15. The van der Waals surface area contributed by atoms with Crippen molar-refractivity contribution in [3.8, 4) is 0 Å². The third-order valence-corrected chi connectivity index (χ3v) is 1.96. The largest absolute Gasteiger partial charge is 0.433 e. The Labute approximate surface area is 95.4 Å². The van der Waals surface area contributed by atoms with Crippen molar-refractivity contribution >= 4 is 17.8 Å². The summed E-state index contributed by atoms with van der Waals surface area (Å²) >= 11 is 0. The lowest BCUT2D eigenvalue weighted by molar-refractivity contribution is -0.402. The minimum atomic E-state index is -0.630. The van der Waals surface area contributed by atoms with E-state index in [0.717, 1.165) is 0 Å². The van der Waals surface area contributed by atoms with Crippen molar-refractivity contribution in [2.75, 3.05) is 0 Å². The monoisotopic (exact) mass is 234 g/mol. The number of nitro groups is 1. The fourth-order valence-electron chi connectivity index (χ4n) is 1.18. The minimum Gasteiger partial charge on any atom is -0.400 e. The van der Waals surface area contributed by atoms with Crippen molar-refractivity contribution in [2.45, 2.75) is 0 Å². The molecule has 2 aromatic rings. The van der Waals surface area contributed by atoms with E-state index in [1.54, 1.807) is 0 Å². The van der Waals surface area contributed by atoms with E-state index in [1.807, 2.05) is 0 Å². The van der Waals surface area contributed by atoms with E-state index in [2.05, 4.69) is 4.99 Å². The lowest BCUT2D eigenvalue weighted by atomic mass is 10.3. The van der Waals surface area contributed by atoms with Gasteiger partial charge in [0.1, 0.15) is 10.7 Å². The second-order valence-electron chi connectivity index (χ2n) is 3.17. The summed E-state index contributed by atoms with van der Waals surface area (Å²) < 4.78 is 17.5. The second-order valence-corrected chi connectivity index (χ2v) is 3.17. The van der Waals surface area contributed by atoms with E-state index >= 15 is 0 Å². The highest BCUT2D eigenvalue weighted by Crippen LogP contribution is 2.16. The third kappa shape index (κ3) is 2.75. The summed E-state index contributed by atoms with van der Waals surface area (Å²) in [6.45, 7) is 0. The lowest BCUT2D eigenvalue weighted by Gasteiger charge is -1.91. The van der Waals surface area contributed by atoms with Crippen molar-refractivity contribution < 1.29 is 13.7 Å². The molecule has 0 atom stereocenters. The average Bonchev–Trinajstić information content (AvgIpc) is 2.77. The molecule has 86 valence electrons. The van der Waals surface area contributed by atoms with Crippen LogP contribution in [0.1, 0.15) is 5.76 Å². The zero-order chi connectivity index (χ0) is 12.3. The highest BCUT2D eigenvalue weighted by molar-refractivity contribution is 5.78. The molecule has 0 N–H and O–H groups in total. The van der Waals surface area contributed by atoms with Gasteiger partial charge in [-0.25, -0.2) is 4.39 Å². The fraction of sp³-hybridized carbons (Fsp3) is 0. The summed E-state index contributed by atoms with van der Waals surface area (Å²) in [7, 11) is 0. The van der Waals surface area contributed by atoms with Gasteiger partial charge in [0.15, 0.2) is 5.76 Å². The van der Waals surface area contributed by atoms with Gasteiger partial charge in [0.05, 0.1) is 18.0 Å². The molecule has 0 saturated heterocycles. The summed E-state index contributed by atoms with van der Waals surface area (Å²) in [4.78, 5) is 13.7. The molecule has 6 heteroatoms. The highest BCUT2D eigenvalue weighted by Gasteiger charge is 2.09. The predicted molar refractivity (Wildman–Crippen MR) is 59.0 cm³/mol. The van der Waals surface area contributed by atoms with E-state index in [9.17, 15) is 14.5 Å². The van der Waals surface area contributed by atoms with Crippen molar-refractivity contribution in [1.82, 2.24) is 0 Å². The SMILES string of the molecule is O=[N+]([O-])c1ccc(C=Nc2ccc(F)cc2)o1. The second kappa shape index (κ2) is 4.56. The van der Waals surface area contributed by atoms with Crippen LogP contribution in [0, 0.1) is 15.9 Å². The molecule has 0 unspecified atom stereocenters. The number of furan rings is 1. The van der Waals surface area contributed by atoms with E-state index in [1.165, 1.54) is 42.6 Å². The number of rotatable bonds is 3. The number of benzene rings is 1. The summed E-state index contributed by atoms with van der Waals surface area (Å²) in [6, 6.07) is 8.21. The first kappa shape index (κ1) is 11.0. The molecule has 0 amide bonds. The average molecular weight is 234 g/mol. The van der Waals surface area contributed by atoms with Crippen LogP contribution in [0.4, 0.5) is 16.0 Å². The molecule has 0 aliphatic heterocycles. The molecule has 2 rings (SSSR count). The molecule has 1 heterocycles. The molecule has 0 aliphatic carbocycles. The summed E-state index contributed by atoms with van der Waals surface area (Å²) in [6.07, 6.45) is 1.33. The molecule has 0 fully saturated rings. The molecule has 17 heavy (non-hydrogen) atoms. The van der Waals surface area contributed by atoms with Gasteiger partial charge < -0.3 is 4.42 Å². The molecule has 1 aromatic carbocycles. The quantitative estimate of drug-likeness (QED) is 0.465. The number of halogens is 1. The maximum Gasteiger partial charge on any atom is 0.433 e. The smallest absolute Gasteiger partial charge is 0.400 e. The zero-order valence-electron chi connectivity index (χ0n) is 8.54. The summed E-state index contributed by atoms with van der Waals surface area (Å²) in [5.74, 6) is -0.427. The molecule has 0 saturated carbocycles. The van der Waals surface area contributed by atoms with Gasteiger partial charge >= 0.3 is 5.88 Å². The van der Waals surface area contributed by atoms with Crippen molar-refractivity contribution in [3.05, 3.63) is 58.1 Å². The van der Waals surface area contributed by atoms with Crippen LogP contribution >= 0.6 is 0 Å². The zero-order valence-corrected chi connectivity index (χ0v) is 8.54. The highest BCUT2D eigenvalue weighted by atomic mass is 19.1. The number of hydrogen-bond acceptors (Lipinski definition) is 4. The summed E-state index contributed by atoms with van der Waals surface area (Å²) in [5, 5.41) is 10.4. The molecule has 0 bridgehead atoms. The van der Waals surface area contributed by atoms with Crippen LogP contribution in [-0.2, 0) is 0 Å². The van der Waals surface area contributed by atoms with Crippen LogP contribution in [0.25, 0.3) is 0 Å². The Hall–Kier alpha value is -2.50. The van der Waals surface area contributed by atoms with Crippen LogP contribution in [-0.4, -0.2) is 11.1 Å². The molecular weight excluding hydrogens is 227 g/mol. The van der Waals surface area contributed by atoms with Gasteiger partial charge in [-0.3, -0.25) is 15.1 Å².